The molecule has 2 aromatic carbocycles. The molecule has 27 heavy (non-hydrogen) atoms. The van der Waals surface area contributed by atoms with Crippen molar-refractivity contribution in [1.82, 2.24) is 10.6 Å². The van der Waals surface area contributed by atoms with E-state index in [0.717, 1.165) is 0 Å². The molecule has 0 saturated carbocycles. The van der Waals surface area contributed by atoms with Crippen molar-refractivity contribution in [1.29, 1.82) is 0 Å². The molecule has 6 nitrogen and oxygen atoms in total. The number of nitrogens with two attached hydrogens (primary N) is 1. The Hall–Kier alpha value is -3.23. The summed E-state index contributed by atoms with van der Waals surface area (Å²) >= 11 is 0. The average Bonchev–Trinajstić information content (AvgIpc) is 2.64. The highest BCUT2D eigenvalue weighted by Crippen LogP contribution is 2.22. The fourth-order valence-electron chi connectivity index (χ4n) is 2.09. The number of rotatable bonds is 7. The molecule has 0 spiro atoms. The summed E-state index contributed by atoms with van der Waals surface area (Å²) in [6.07, 6.45) is -4.72. The van der Waals surface area contributed by atoms with Crippen LogP contribution in [0.15, 0.2) is 59.6 Å². The topological polar surface area (TPSA) is 88.7 Å². The SMILES string of the molecule is NC(=NCc1ccc(OC(F)(F)F)cc1)NCCNC(=O)c1ccccc1. The van der Waals surface area contributed by atoms with Crippen molar-refractivity contribution in [2.45, 2.75) is 12.9 Å². The van der Waals surface area contributed by atoms with Crippen molar-refractivity contribution in [2.24, 2.45) is 10.7 Å². The van der Waals surface area contributed by atoms with E-state index in [0.29, 0.717) is 24.2 Å². The van der Waals surface area contributed by atoms with Gasteiger partial charge in [-0.3, -0.25) is 4.79 Å². The number of amides is 1. The summed E-state index contributed by atoms with van der Waals surface area (Å²) in [6.45, 7) is 0.932. The van der Waals surface area contributed by atoms with Gasteiger partial charge in [-0.25, -0.2) is 4.99 Å². The molecule has 0 unspecified atom stereocenters. The van der Waals surface area contributed by atoms with Gasteiger partial charge in [-0.05, 0) is 29.8 Å². The highest BCUT2D eigenvalue weighted by molar-refractivity contribution is 5.94. The summed E-state index contributed by atoms with van der Waals surface area (Å²) < 4.78 is 40.1. The molecule has 0 heterocycles. The van der Waals surface area contributed by atoms with Crippen LogP contribution >= 0.6 is 0 Å². The minimum Gasteiger partial charge on any atom is -0.406 e. The van der Waals surface area contributed by atoms with Crippen LogP contribution in [-0.4, -0.2) is 31.3 Å². The highest BCUT2D eigenvalue weighted by Gasteiger charge is 2.30. The standard InChI is InChI=1S/C18H19F3N4O2/c19-18(20,21)27-15-8-6-13(7-9-15)12-25-17(22)24-11-10-23-16(26)14-4-2-1-3-5-14/h1-9H,10-12H2,(H,23,26)(H3,22,24,25). The van der Waals surface area contributed by atoms with E-state index in [1.807, 2.05) is 6.07 Å². The van der Waals surface area contributed by atoms with Gasteiger partial charge < -0.3 is 21.1 Å². The minimum absolute atomic E-state index is 0.166. The maximum Gasteiger partial charge on any atom is 0.573 e. The van der Waals surface area contributed by atoms with Gasteiger partial charge >= 0.3 is 6.36 Å². The van der Waals surface area contributed by atoms with Crippen LogP contribution in [0.2, 0.25) is 0 Å². The Balaban J connectivity index is 1.70. The molecule has 2 aromatic rings. The third kappa shape index (κ3) is 7.68. The van der Waals surface area contributed by atoms with Gasteiger partial charge in [-0.15, -0.1) is 13.2 Å². The van der Waals surface area contributed by atoms with Crippen LogP contribution in [0.25, 0.3) is 0 Å². The predicted octanol–water partition coefficient (Wildman–Crippen LogP) is 2.42. The molecule has 4 N–H and O–H groups in total. The van der Waals surface area contributed by atoms with Gasteiger partial charge in [0.2, 0.25) is 0 Å². The molecular weight excluding hydrogens is 361 g/mol. The van der Waals surface area contributed by atoms with E-state index >= 15 is 0 Å². The van der Waals surface area contributed by atoms with Crippen molar-refractivity contribution in [2.75, 3.05) is 13.1 Å². The Morgan fingerprint density at radius 3 is 2.26 bits per heavy atom. The maximum absolute atomic E-state index is 12.1. The van der Waals surface area contributed by atoms with E-state index in [4.69, 9.17) is 5.73 Å². The van der Waals surface area contributed by atoms with E-state index in [1.165, 1.54) is 24.3 Å². The molecule has 0 radical (unpaired) electrons. The van der Waals surface area contributed by atoms with Crippen LogP contribution in [0.1, 0.15) is 15.9 Å². The Morgan fingerprint density at radius 2 is 1.63 bits per heavy atom. The second-order valence-corrected chi connectivity index (χ2v) is 5.44. The van der Waals surface area contributed by atoms with Gasteiger partial charge in [0.05, 0.1) is 6.54 Å². The molecule has 1 amide bonds. The molecule has 9 heteroatoms. The minimum atomic E-state index is -4.72. The fourth-order valence-corrected chi connectivity index (χ4v) is 2.09. The summed E-state index contributed by atoms with van der Waals surface area (Å²) in [5.74, 6) is -0.316. The number of alkyl halides is 3. The number of carbonyl (C=O) groups is 1. The monoisotopic (exact) mass is 380 g/mol. The van der Waals surface area contributed by atoms with Gasteiger partial charge in [-0.1, -0.05) is 30.3 Å². The van der Waals surface area contributed by atoms with Crippen molar-refractivity contribution in [3.8, 4) is 5.75 Å². The van der Waals surface area contributed by atoms with E-state index in [1.54, 1.807) is 24.3 Å². The lowest BCUT2D eigenvalue weighted by molar-refractivity contribution is -0.274. The number of ether oxygens (including phenoxy) is 1. The summed E-state index contributed by atoms with van der Waals surface area (Å²) in [6, 6.07) is 14.2. The molecule has 0 bridgehead atoms. The lowest BCUT2D eigenvalue weighted by Gasteiger charge is -2.09. The first-order chi connectivity index (χ1) is 12.8. The number of carbonyl (C=O) groups excluding carboxylic acids is 1. The second kappa shape index (κ2) is 9.46. The number of nitrogens with zero attached hydrogens (tertiary/aromatic N) is 1. The van der Waals surface area contributed by atoms with Crippen LogP contribution in [0.3, 0.4) is 0 Å². The Kier molecular flexibility index (Phi) is 7.04. The van der Waals surface area contributed by atoms with Gasteiger partial charge in [-0.2, -0.15) is 0 Å². The third-order valence-corrected chi connectivity index (χ3v) is 3.34. The maximum atomic E-state index is 12.1. The molecule has 144 valence electrons. The Morgan fingerprint density at radius 1 is 1.00 bits per heavy atom. The van der Waals surface area contributed by atoms with Gasteiger partial charge in [0.25, 0.3) is 5.91 Å². The average molecular weight is 380 g/mol. The Bertz CT molecular complexity index is 762. The van der Waals surface area contributed by atoms with Crippen molar-refractivity contribution < 1.29 is 22.7 Å². The normalized spacial score (nSPS) is 11.7. The fraction of sp³-hybridized carbons (Fsp3) is 0.222. The molecule has 0 fully saturated rings. The summed E-state index contributed by atoms with van der Waals surface area (Å²) in [5.41, 5.74) is 6.96. The Labute approximate surface area is 154 Å². The zero-order valence-corrected chi connectivity index (χ0v) is 14.3. The van der Waals surface area contributed by atoms with Crippen molar-refractivity contribution >= 4 is 11.9 Å². The van der Waals surface area contributed by atoms with Crippen molar-refractivity contribution in [3.05, 3.63) is 65.7 Å². The highest BCUT2D eigenvalue weighted by atomic mass is 19.4. The number of hydrogen-bond donors (Lipinski definition) is 3. The van der Waals surface area contributed by atoms with Crippen LogP contribution in [-0.2, 0) is 6.54 Å². The quantitative estimate of drug-likeness (QED) is 0.391. The van der Waals surface area contributed by atoms with Crippen LogP contribution < -0.4 is 21.1 Å². The smallest absolute Gasteiger partial charge is 0.406 e. The van der Waals surface area contributed by atoms with Gasteiger partial charge in [0, 0.05) is 18.7 Å². The van der Waals surface area contributed by atoms with Gasteiger partial charge in [0.1, 0.15) is 5.75 Å². The molecule has 0 aliphatic rings. The summed E-state index contributed by atoms with van der Waals surface area (Å²) in [7, 11) is 0. The lowest BCUT2D eigenvalue weighted by atomic mass is 10.2. The molecule has 0 aliphatic heterocycles. The molecule has 0 aliphatic carbocycles. The summed E-state index contributed by atoms with van der Waals surface area (Å²) in [4.78, 5) is 15.9. The molecule has 2 rings (SSSR count). The van der Waals surface area contributed by atoms with E-state index < -0.39 is 6.36 Å². The number of halogens is 3. The molecule has 0 atom stereocenters. The third-order valence-electron chi connectivity index (χ3n) is 3.34. The first-order valence-corrected chi connectivity index (χ1v) is 8.05. The first-order valence-electron chi connectivity index (χ1n) is 8.05. The number of guanidine groups is 1. The summed E-state index contributed by atoms with van der Waals surface area (Å²) in [5, 5.41) is 5.58. The van der Waals surface area contributed by atoms with E-state index in [-0.39, 0.29) is 24.2 Å². The number of hydrogen-bond acceptors (Lipinski definition) is 3. The van der Waals surface area contributed by atoms with Crippen molar-refractivity contribution in [3.63, 3.8) is 0 Å². The second-order valence-electron chi connectivity index (χ2n) is 5.44. The number of benzene rings is 2. The first kappa shape index (κ1) is 20.1. The molecule has 0 aromatic heterocycles. The van der Waals surface area contributed by atoms with Crippen LogP contribution in [0.5, 0.6) is 5.75 Å². The van der Waals surface area contributed by atoms with Crippen LogP contribution in [0.4, 0.5) is 13.2 Å². The van der Waals surface area contributed by atoms with Gasteiger partial charge in [0.15, 0.2) is 5.96 Å². The largest absolute Gasteiger partial charge is 0.573 e. The number of aliphatic imine (C=N–C) groups is 1. The predicted molar refractivity (Wildman–Crippen MR) is 95.2 cm³/mol. The zero-order chi connectivity index (χ0) is 19.7. The molecule has 0 saturated heterocycles. The molecular formula is C18H19F3N4O2. The zero-order valence-electron chi connectivity index (χ0n) is 14.3. The lowest BCUT2D eigenvalue weighted by Crippen LogP contribution is -2.38. The van der Waals surface area contributed by atoms with E-state index in [9.17, 15) is 18.0 Å². The van der Waals surface area contributed by atoms with E-state index in [2.05, 4.69) is 20.4 Å². The van der Waals surface area contributed by atoms with Crippen LogP contribution in [0, 0.1) is 0 Å². The number of nitrogens with one attached hydrogen (secondary N) is 2.